The van der Waals surface area contributed by atoms with Crippen molar-refractivity contribution in [3.05, 3.63) is 81.2 Å². The van der Waals surface area contributed by atoms with Crippen LogP contribution in [0.25, 0.3) is 28.1 Å². The van der Waals surface area contributed by atoms with Gasteiger partial charge in [-0.2, -0.15) is 0 Å². The molecule has 2 aromatic heterocycles. The van der Waals surface area contributed by atoms with Crippen LogP contribution in [-0.2, 0) is 16.1 Å². The number of hydrogen-bond donors (Lipinski definition) is 1. The topological polar surface area (TPSA) is 115 Å². The molecule has 0 spiro atoms. The van der Waals surface area contributed by atoms with E-state index in [0.717, 1.165) is 37.7 Å². The fourth-order valence-corrected chi connectivity index (χ4v) is 4.62. The Bertz CT molecular complexity index is 1570. The second kappa shape index (κ2) is 9.22. The van der Waals surface area contributed by atoms with Gasteiger partial charge in [0, 0.05) is 18.5 Å². The highest BCUT2D eigenvalue weighted by atomic mass is 32.2. The van der Waals surface area contributed by atoms with E-state index in [2.05, 4.69) is 10.3 Å². The number of carbonyl (C=O) groups is 3. The first kappa shape index (κ1) is 22.6. The Morgan fingerprint density at radius 3 is 2.69 bits per heavy atom. The molecule has 1 fully saturated rings. The van der Waals surface area contributed by atoms with Crippen molar-refractivity contribution in [2.24, 2.45) is 0 Å². The van der Waals surface area contributed by atoms with Crippen molar-refractivity contribution in [3.63, 3.8) is 0 Å². The average Bonchev–Trinajstić information content (AvgIpc) is 3.35. The number of para-hydroxylation sites is 1. The van der Waals surface area contributed by atoms with Gasteiger partial charge in [0.05, 0.1) is 11.2 Å². The number of imide groups is 1. The molecule has 0 aliphatic carbocycles. The van der Waals surface area contributed by atoms with Gasteiger partial charge in [0.25, 0.3) is 16.7 Å². The van der Waals surface area contributed by atoms with Crippen molar-refractivity contribution in [1.29, 1.82) is 0 Å². The third-order valence-electron chi connectivity index (χ3n) is 5.57. The molecule has 2 aromatic carbocycles. The standard InChI is InChI=1S/C25H20N4O5S/c1-15-6-8-16(9-7-15)12-19-23(31)29(25(33)35-19)11-10-26-20(30)13-28-14-27-21-17-4-2-3-5-18(17)34-22(21)24(28)32/h2-9,12,14H,10-11,13H2,1H3,(H,26,30)/b19-12-. The SMILES string of the molecule is Cc1ccc(/C=C2\SC(=O)N(CCNC(=O)Cn3cnc4c(oc5ccccc54)c3=O)C2=O)cc1. The molecule has 3 amide bonds. The maximum absolute atomic E-state index is 12.7. The molecule has 5 rings (SSSR count). The lowest BCUT2D eigenvalue weighted by Crippen LogP contribution is -2.39. The van der Waals surface area contributed by atoms with Crippen LogP contribution < -0.4 is 10.9 Å². The molecule has 35 heavy (non-hydrogen) atoms. The van der Waals surface area contributed by atoms with Gasteiger partial charge in [-0.05, 0) is 42.5 Å². The fourth-order valence-electron chi connectivity index (χ4n) is 3.75. The predicted octanol–water partition coefficient (Wildman–Crippen LogP) is 3.30. The molecule has 176 valence electrons. The number of benzene rings is 2. The maximum atomic E-state index is 12.7. The number of hydrogen-bond acceptors (Lipinski definition) is 7. The van der Waals surface area contributed by atoms with E-state index in [-0.39, 0.29) is 25.2 Å². The highest BCUT2D eigenvalue weighted by Gasteiger charge is 2.34. The Morgan fingerprint density at radius 2 is 1.89 bits per heavy atom. The molecule has 0 atom stereocenters. The first-order valence-corrected chi connectivity index (χ1v) is 11.7. The number of carbonyl (C=O) groups excluding carboxylic acids is 3. The third kappa shape index (κ3) is 4.47. The highest BCUT2D eigenvalue weighted by Crippen LogP contribution is 2.32. The monoisotopic (exact) mass is 488 g/mol. The number of rotatable bonds is 6. The van der Waals surface area contributed by atoms with Gasteiger partial charge in [-0.15, -0.1) is 0 Å². The van der Waals surface area contributed by atoms with Crippen LogP contribution in [0.2, 0.25) is 0 Å². The normalized spacial score (nSPS) is 15.0. The zero-order chi connectivity index (χ0) is 24.5. The summed E-state index contributed by atoms with van der Waals surface area (Å²) in [4.78, 5) is 55.8. The zero-order valence-electron chi connectivity index (χ0n) is 18.7. The van der Waals surface area contributed by atoms with Crippen LogP contribution in [0.3, 0.4) is 0 Å². The summed E-state index contributed by atoms with van der Waals surface area (Å²) < 4.78 is 6.78. The summed E-state index contributed by atoms with van der Waals surface area (Å²) in [6.45, 7) is 1.78. The van der Waals surface area contributed by atoms with Gasteiger partial charge < -0.3 is 9.73 Å². The van der Waals surface area contributed by atoms with Gasteiger partial charge in [-0.3, -0.25) is 28.6 Å². The van der Waals surface area contributed by atoms with E-state index in [9.17, 15) is 19.2 Å². The Morgan fingerprint density at radius 1 is 1.11 bits per heavy atom. The van der Waals surface area contributed by atoms with E-state index >= 15 is 0 Å². The molecule has 1 aliphatic heterocycles. The number of furan rings is 1. The largest absolute Gasteiger partial charge is 0.448 e. The molecule has 1 aliphatic rings. The quantitative estimate of drug-likeness (QED) is 0.414. The van der Waals surface area contributed by atoms with Crippen LogP contribution in [0, 0.1) is 6.92 Å². The van der Waals surface area contributed by atoms with Crippen LogP contribution in [0.1, 0.15) is 11.1 Å². The summed E-state index contributed by atoms with van der Waals surface area (Å²) in [7, 11) is 0. The Labute approximate surface area is 203 Å². The average molecular weight is 489 g/mol. The summed E-state index contributed by atoms with van der Waals surface area (Å²) in [5, 5.41) is 2.98. The number of nitrogens with zero attached hydrogens (tertiary/aromatic N) is 3. The molecule has 0 saturated carbocycles. The van der Waals surface area contributed by atoms with Gasteiger partial charge in [0.15, 0.2) is 0 Å². The molecule has 10 heteroatoms. The summed E-state index contributed by atoms with van der Waals surface area (Å²) in [6.07, 6.45) is 2.98. The number of thioether (sulfide) groups is 1. The van der Waals surface area contributed by atoms with E-state index in [1.807, 2.05) is 43.3 Å². The minimum absolute atomic E-state index is 0.0252. The Balaban J connectivity index is 1.20. The molecule has 3 heterocycles. The van der Waals surface area contributed by atoms with Crippen molar-refractivity contribution in [1.82, 2.24) is 19.8 Å². The fraction of sp³-hybridized carbons (Fsp3) is 0.160. The van der Waals surface area contributed by atoms with Crippen molar-refractivity contribution >= 4 is 57.0 Å². The van der Waals surface area contributed by atoms with Crippen molar-refractivity contribution in [3.8, 4) is 0 Å². The number of nitrogens with one attached hydrogen (secondary N) is 1. The van der Waals surface area contributed by atoms with Crippen LogP contribution in [0.4, 0.5) is 4.79 Å². The van der Waals surface area contributed by atoms with Gasteiger partial charge >= 0.3 is 0 Å². The molecular weight excluding hydrogens is 468 g/mol. The molecule has 0 unspecified atom stereocenters. The summed E-state index contributed by atoms with van der Waals surface area (Å²) in [5.41, 5.74) is 2.54. The smallest absolute Gasteiger partial charge is 0.297 e. The minimum Gasteiger partial charge on any atom is -0.448 e. The van der Waals surface area contributed by atoms with E-state index < -0.39 is 22.6 Å². The number of amides is 3. The predicted molar refractivity (Wildman–Crippen MR) is 133 cm³/mol. The van der Waals surface area contributed by atoms with E-state index in [0.29, 0.717) is 16.0 Å². The Hall–Kier alpha value is -4.18. The number of aromatic nitrogens is 2. The Kier molecular flexibility index (Phi) is 5.96. The molecule has 0 bridgehead atoms. The third-order valence-corrected chi connectivity index (χ3v) is 6.48. The van der Waals surface area contributed by atoms with Gasteiger partial charge in [0.1, 0.15) is 17.6 Å². The van der Waals surface area contributed by atoms with Crippen molar-refractivity contribution < 1.29 is 18.8 Å². The van der Waals surface area contributed by atoms with Crippen molar-refractivity contribution in [2.75, 3.05) is 13.1 Å². The van der Waals surface area contributed by atoms with Crippen LogP contribution in [0.15, 0.2) is 69.0 Å². The molecule has 9 nitrogen and oxygen atoms in total. The molecule has 1 saturated heterocycles. The zero-order valence-corrected chi connectivity index (χ0v) is 19.5. The van der Waals surface area contributed by atoms with Crippen LogP contribution >= 0.6 is 11.8 Å². The van der Waals surface area contributed by atoms with E-state index in [1.165, 1.54) is 6.33 Å². The van der Waals surface area contributed by atoms with Crippen LogP contribution in [-0.4, -0.2) is 44.6 Å². The lowest BCUT2D eigenvalue weighted by atomic mass is 10.1. The molecule has 1 N–H and O–H groups in total. The highest BCUT2D eigenvalue weighted by molar-refractivity contribution is 8.18. The van der Waals surface area contributed by atoms with Gasteiger partial charge in [-0.1, -0.05) is 42.0 Å². The van der Waals surface area contributed by atoms with Crippen LogP contribution in [0.5, 0.6) is 0 Å². The molecule has 0 radical (unpaired) electrons. The first-order chi connectivity index (χ1) is 16.9. The minimum atomic E-state index is -0.464. The molecular formula is C25H20N4O5S. The summed E-state index contributed by atoms with van der Waals surface area (Å²) in [6, 6.07) is 14.8. The summed E-state index contributed by atoms with van der Waals surface area (Å²) in [5.74, 6) is -0.850. The first-order valence-electron chi connectivity index (χ1n) is 10.9. The van der Waals surface area contributed by atoms with E-state index in [4.69, 9.17) is 4.42 Å². The van der Waals surface area contributed by atoms with Gasteiger partial charge in [-0.25, -0.2) is 4.98 Å². The lowest BCUT2D eigenvalue weighted by molar-refractivity contribution is -0.124. The summed E-state index contributed by atoms with van der Waals surface area (Å²) >= 11 is 0.869. The second-order valence-electron chi connectivity index (χ2n) is 8.05. The lowest BCUT2D eigenvalue weighted by Gasteiger charge is -2.13. The van der Waals surface area contributed by atoms with Crippen molar-refractivity contribution in [2.45, 2.75) is 13.5 Å². The number of aryl methyl sites for hydroxylation is 1. The second-order valence-corrected chi connectivity index (χ2v) is 9.04. The van der Waals surface area contributed by atoms with Gasteiger partial charge in [0.2, 0.25) is 11.5 Å². The molecule has 4 aromatic rings. The maximum Gasteiger partial charge on any atom is 0.297 e. The van der Waals surface area contributed by atoms with E-state index in [1.54, 1.807) is 18.2 Å². The number of fused-ring (bicyclic) bond motifs is 3.